The number of ether oxygens (including phenoxy) is 2. The Morgan fingerprint density at radius 1 is 1.19 bits per heavy atom. The van der Waals surface area contributed by atoms with E-state index in [1.54, 1.807) is 6.20 Å². The molecule has 4 rings (SSSR count). The van der Waals surface area contributed by atoms with Crippen LogP contribution in [0.1, 0.15) is 53.2 Å². The standard InChI is InChI=1S/C30H43F3N6O3/c1-6-21-19-38(28(40)42-27(29(3,4)5)30(31,32)33)15-16-39(21)25-11-10-23(22-9-8-13-35-26(22)41-7-2)37-24(25)18-36-20-12-14-34-17-20/h8-11,13,20-21,27,34,36H,6-7,12,14-19H2,1-5H3/t20-,21-,27+/m1/s1. The first-order valence-corrected chi connectivity index (χ1v) is 14.7. The summed E-state index contributed by atoms with van der Waals surface area (Å²) in [5, 5.41) is 6.99. The summed E-state index contributed by atoms with van der Waals surface area (Å²) in [6, 6.07) is 7.97. The van der Waals surface area contributed by atoms with Crippen molar-refractivity contribution in [3.8, 4) is 17.1 Å². The molecule has 0 aromatic carbocycles. The summed E-state index contributed by atoms with van der Waals surface area (Å²) in [4.78, 5) is 26.0. The minimum atomic E-state index is -4.65. The van der Waals surface area contributed by atoms with Crippen LogP contribution in [0, 0.1) is 5.41 Å². The molecule has 12 heteroatoms. The van der Waals surface area contributed by atoms with E-state index in [1.165, 1.54) is 25.7 Å². The van der Waals surface area contributed by atoms with Gasteiger partial charge < -0.3 is 29.9 Å². The number of carbonyl (C=O) groups is 1. The number of hydrogen-bond donors (Lipinski definition) is 2. The molecule has 2 aromatic rings. The lowest BCUT2D eigenvalue weighted by Gasteiger charge is -2.43. The van der Waals surface area contributed by atoms with Crippen molar-refractivity contribution in [2.75, 3.05) is 44.2 Å². The van der Waals surface area contributed by atoms with Gasteiger partial charge in [0.25, 0.3) is 0 Å². The molecule has 2 saturated heterocycles. The van der Waals surface area contributed by atoms with Gasteiger partial charge in [-0.15, -0.1) is 0 Å². The zero-order chi connectivity index (χ0) is 30.5. The first-order chi connectivity index (χ1) is 19.9. The molecule has 2 aliphatic rings. The highest BCUT2D eigenvalue weighted by Gasteiger charge is 2.50. The van der Waals surface area contributed by atoms with Crippen molar-refractivity contribution >= 4 is 11.8 Å². The first-order valence-electron chi connectivity index (χ1n) is 14.7. The number of aromatic nitrogens is 2. The zero-order valence-electron chi connectivity index (χ0n) is 25.1. The van der Waals surface area contributed by atoms with Gasteiger partial charge in [-0.25, -0.2) is 14.8 Å². The van der Waals surface area contributed by atoms with Gasteiger partial charge in [-0.3, -0.25) is 0 Å². The van der Waals surface area contributed by atoms with Gasteiger partial charge in [0.1, 0.15) is 0 Å². The lowest BCUT2D eigenvalue weighted by atomic mass is 9.88. The van der Waals surface area contributed by atoms with Gasteiger partial charge in [0.2, 0.25) is 12.0 Å². The normalized spacial score (nSPS) is 20.5. The van der Waals surface area contributed by atoms with Crippen LogP contribution in [0.5, 0.6) is 5.88 Å². The molecule has 42 heavy (non-hydrogen) atoms. The second kappa shape index (κ2) is 13.5. The van der Waals surface area contributed by atoms with Crippen LogP contribution in [-0.2, 0) is 11.3 Å². The summed E-state index contributed by atoms with van der Waals surface area (Å²) in [6.45, 7) is 12.0. The van der Waals surface area contributed by atoms with Crippen LogP contribution < -0.4 is 20.3 Å². The maximum Gasteiger partial charge on any atom is 0.426 e. The molecule has 2 aliphatic heterocycles. The number of piperazine rings is 1. The maximum atomic E-state index is 13.7. The number of amides is 1. The Kier molecular flexibility index (Phi) is 10.2. The number of halogens is 3. The molecule has 0 unspecified atom stereocenters. The van der Waals surface area contributed by atoms with Gasteiger partial charge in [-0.2, -0.15) is 13.2 Å². The van der Waals surface area contributed by atoms with Crippen LogP contribution in [0.15, 0.2) is 30.5 Å². The fourth-order valence-electron chi connectivity index (χ4n) is 5.54. The van der Waals surface area contributed by atoms with E-state index < -0.39 is 23.8 Å². The second-order valence-corrected chi connectivity index (χ2v) is 11.9. The average molecular weight is 593 g/mol. The molecular formula is C30H43F3N6O3. The quantitative estimate of drug-likeness (QED) is 0.420. The highest BCUT2D eigenvalue weighted by molar-refractivity contribution is 5.70. The van der Waals surface area contributed by atoms with Crippen LogP contribution in [0.3, 0.4) is 0 Å². The van der Waals surface area contributed by atoms with E-state index in [2.05, 4.69) is 20.5 Å². The molecule has 0 spiro atoms. The van der Waals surface area contributed by atoms with Crippen molar-refractivity contribution in [3.05, 3.63) is 36.2 Å². The Balaban J connectivity index is 1.58. The fourth-order valence-corrected chi connectivity index (χ4v) is 5.54. The van der Waals surface area contributed by atoms with Gasteiger partial charge in [0.05, 0.1) is 29.2 Å². The molecular weight excluding hydrogens is 549 g/mol. The molecule has 0 radical (unpaired) electrons. The van der Waals surface area contributed by atoms with Gasteiger partial charge in [0, 0.05) is 56.4 Å². The summed E-state index contributed by atoms with van der Waals surface area (Å²) in [5.74, 6) is 0.519. The third-order valence-electron chi connectivity index (χ3n) is 7.72. The van der Waals surface area contributed by atoms with E-state index in [0.717, 1.165) is 42.1 Å². The number of alkyl halides is 3. The first kappa shape index (κ1) is 31.8. The minimum Gasteiger partial charge on any atom is -0.477 e. The lowest BCUT2D eigenvalue weighted by molar-refractivity contribution is -0.232. The van der Waals surface area contributed by atoms with E-state index >= 15 is 0 Å². The number of hydrogen-bond acceptors (Lipinski definition) is 8. The Hall–Kier alpha value is -3.12. The molecule has 0 saturated carbocycles. The van der Waals surface area contributed by atoms with Crippen molar-refractivity contribution < 1.29 is 27.4 Å². The summed E-state index contributed by atoms with van der Waals surface area (Å²) in [7, 11) is 0. The number of nitrogens with zero attached hydrogens (tertiary/aromatic N) is 4. The number of pyridine rings is 2. The minimum absolute atomic E-state index is 0.123. The van der Waals surface area contributed by atoms with Crippen molar-refractivity contribution in [3.63, 3.8) is 0 Å². The predicted molar refractivity (Wildman–Crippen MR) is 156 cm³/mol. The van der Waals surface area contributed by atoms with Crippen LogP contribution in [0.4, 0.5) is 23.7 Å². The Morgan fingerprint density at radius 2 is 1.98 bits per heavy atom. The molecule has 2 fully saturated rings. The number of rotatable bonds is 9. The van der Waals surface area contributed by atoms with E-state index in [0.29, 0.717) is 38.0 Å². The summed E-state index contributed by atoms with van der Waals surface area (Å²) >= 11 is 0. The van der Waals surface area contributed by atoms with E-state index in [1.807, 2.05) is 38.1 Å². The lowest BCUT2D eigenvalue weighted by Crippen LogP contribution is -2.56. The number of anilines is 1. The monoisotopic (exact) mass is 592 g/mol. The summed E-state index contributed by atoms with van der Waals surface area (Å²) in [6.07, 6.45) is -4.38. The van der Waals surface area contributed by atoms with Crippen LogP contribution in [-0.4, -0.2) is 84.7 Å². The van der Waals surface area contributed by atoms with Crippen LogP contribution in [0.2, 0.25) is 0 Å². The molecule has 3 atom stereocenters. The molecule has 2 aromatic heterocycles. The summed E-state index contributed by atoms with van der Waals surface area (Å²) < 4.78 is 51.9. The highest BCUT2D eigenvalue weighted by Crippen LogP contribution is 2.37. The molecule has 9 nitrogen and oxygen atoms in total. The van der Waals surface area contributed by atoms with Gasteiger partial charge in [-0.05, 0) is 50.6 Å². The largest absolute Gasteiger partial charge is 0.477 e. The molecule has 4 heterocycles. The van der Waals surface area contributed by atoms with E-state index in [4.69, 9.17) is 14.5 Å². The second-order valence-electron chi connectivity index (χ2n) is 11.9. The van der Waals surface area contributed by atoms with Crippen molar-refractivity contribution in [1.82, 2.24) is 25.5 Å². The Morgan fingerprint density at radius 3 is 2.62 bits per heavy atom. The summed E-state index contributed by atoms with van der Waals surface area (Å²) in [5.41, 5.74) is 2.05. The SMILES string of the molecule is CCOc1ncccc1-c1ccc(N2CCN(C(=O)O[C@@H](C(C)(C)C)C(F)(F)F)C[C@H]2CC)c(CN[C@@H]2CCNC2)n1. The number of carbonyl (C=O) groups excluding carboxylic acids is 1. The number of nitrogens with one attached hydrogen (secondary N) is 2. The van der Waals surface area contributed by atoms with Crippen molar-refractivity contribution in [1.29, 1.82) is 0 Å². The Labute approximate surface area is 246 Å². The third kappa shape index (κ3) is 7.63. The zero-order valence-corrected chi connectivity index (χ0v) is 25.1. The van der Waals surface area contributed by atoms with Crippen LogP contribution >= 0.6 is 0 Å². The van der Waals surface area contributed by atoms with Crippen molar-refractivity contribution in [2.24, 2.45) is 5.41 Å². The predicted octanol–water partition coefficient (Wildman–Crippen LogP) is 5.01. The maximum absolute atomic E-state index is 13.7. The molecule has 0 aliphatic carbocycles. The van der Waals surface area contributed by atoms with Gasteiger partial charge in [0.15, 0.2) is 0 Å². The third-order valence-corrected chi connectivity index (χ3v) is 7.72. The average Bonchev–Trinajstić information content (AvgIpc) is 3.47. The Bertz CT molecular complexity index is 1190. The highest BCUT2D eigenvalue weighted by atomic mass is 19.4. The van der Waals surface area contributed by atoms with Gasteiger partial charge in [-0.1, -0.05) is 27.7 Å². The molecule has 0 bridgehead atoms. The van der Waals surface area contributed by atoms with E-state index in [-0.39, 0.29) is 19.1 Å². The van der Waals surface area contributed by atoms with Gasteiger partial charge >= 0.3 is 12.3 Å². The van der Waals surface area contributed by atoms with E-state index in [9.17, 15) is 18.0 Å². The topological polar surface area (TPSA) is 91.9 Å². The molecule has 232 valence electrons. The van der Waals surface area contributed by atoms with Crippen molar-refractivity contribution in [2.45, 2.75) is 78.4 Å². The smallest absolute Gasteiger partial charge is 0.426 e. The molecule has 2 N–H and O–H groups in total. The van der Waals surface area contributed by atoms with Crippen LogP contribution in [0.25, 0.3) is 11.3 Å². The molecule has 1 amide bonds. The fraction of sp³-hybridized carbons (Fsp3) is 0.633.